The molecule has 3 aromatic rings. The summed E-state index contributed by atoms with van der Waals surface area (Å²) in [6.07, 6.45) is 2.34. The van der Waals surface area contributed by atoms with E-state index in [-0.39, 0.29) is 40.3 Å². The number of halogens is 1. The standard InChI is InChI=1S/C26H33FN8O2/c1-5-18-21(14(4)32-33-18)17-10-11-20(29-24(17)27)30-26(37)23(22(15-6-7-15)16-8-9-16)31-25(36)19-12-28-34-35(19)13(2)3/h10-13,15-16,22-23H,5-9H2,1-4H3,(H,31,36)(H,32,33)(H,29,30,37)/i1D3,5D2. The number of hydrogen-bond acceptors (Lipinski definition) is 6. The van der Waals surface area contributed by atoms with Crippen molar-refractivity contribution in [2.75, 3.05) is 5.32 Å². The number of nitrogens with one attached hydrogen (secondary N) is 3. The summed E-state index contributed by atoms with van der Waals surface area (Å²) in [6, 6.07) is 1.61. The SMILES string of the molecule is [2H]C([2H])([2H])C([2H])([2H])c1n[nH]c(C)c1-c1ccc(NC(=O)C(NC(=O)c2cnnn2C(C)C)C(C2CC2)C2CC2)nc1F. The molecule has 37 heavy (non-hydrogen) atoms. The lowest BCUT2D eigenvalue weighted by Crippen LogP contribution is -2.50. The van der Waals surface area contributed by atoms with Crippen LogP contribution in [0, 0.1) is 30.6 Å². The molecular formula is C26H33FN8O2. The highest BCUT2D eigenvalue weighted by atomic mass is 19.1. The van der Waals surface area contributed by atoms with Gasteiger partial charge in [-0.1, -0.05) is 12.1 Å². The van der Waals surface area contributed by atoms with Gasteiger partial charge in [0, 0.05) is 29.7 Å². The first-order valence-corrected chi connectivity index (χ1v) is 12.4. The number of aryl methyl sites for hydroxylation is 2. The minimum absolute atomic E-state index is 0.0537. The number of rotatable bonds is 10. The van der Waals surface area contributed by atoms with Crippen molar-refractivity contribution in [2.24, 2.45) is 17.8 Å². The molecule has 2 aliphatic carbocycles. The number of carbonyl (C=O) groups excluding carboxylic acids is 2. The summed E-state index contributed by atoms with van der Waals surface area (Å²) in [7, 11) is 0. The van der Waals surface area contributed by atoms with Crippen molar-refractivity contribution in [1.29, 1.82) is 0 Å². The third kappa shape index (κ3) is 5.12. The van der Waals surface area contributed by atoms with Crippen LogP contribution in [0.5, 0.6) is 0 Å². The van der Waals surface area contributed by atoms with Crippen molar-refractivity contribution in [3.8, 4) is 11.1 Å². The van der Waals surface area contributed by atoms with Crippen molar-refractivity contribution < 1.29 is 20.8 Å². The van der Waals surface area contributed by atoms with E-state index in [9.17, 15) is 9.59 Å². The first-order chi connectivity index (χ1) is 19.7. The molecule has 0 spiro atoms. The second-order valence-corrected chi connectivity index (χ2v) is 10.1. The summed E-state index contributed by atoms with van der Waals surface area (Å²) in [5.74, 6) is -1.67. The molecule has 2 fully saturated rings. The maximum Gasteiger partial charge on any atom is 0.271 e. The molecule has 2 aliphatic rings. The molecule has 0 radical (unpaired) electrons. The molecule has 3 aromatic heterocycles. The summed E-state index contributed by atoms with van der Waals surface area (Å²) in [4.78, 5) is 30.8. The number of H-pyrrole nitrogens is 1. The lowest BCUT2D eigenvalue weighted by atomic mass is 9.88. The highest BCUT2D eigenvalue weighted by molar-refractivity contribution is 6.00. The number of carbonyl (C=O) groups is 2. The molecule has 1 unspecified atom stereocenters. The van der Waals surface area contributed by atoms with E-state index in [1.807, 2.05) is 13.8 Å². The Hall–Kier alpha value is -3.63. The first kappa shape index (κ1) is 19.5. The quantitative estimate of drug-likeness (QED) is 0.353. The maximum atomic E-state index is 15.4. The van der Waals surface area contributed by atoms with Crippen LogP contribution < -0.4 is 10.6 Å². The molecule has 196 valence electrons. The number of amides is 2. The molecule has 0 bridgehead atoms. The van der Waals surface area contributed by atoms with E-state index in [0.717, 1.165) is 25.7 Å². The number of hydrogen-bond donors (Lipinski definition) is 3. The van der Waals surface area contributed by atoms with E-state index in [2.05, 4.69) is 36.1 Å². The fourth-order valence-corrected chi connectivity index (χ4v) is 4.97. The Balaban J connectivity index is 1.41. The van der Waals surface area contributed by atoms with Gasteiger partial charge in [0.05, 0.1) is 11.9 Å². The van der Waals surface area contributed by atoms with E-state index in [4.69, 9.17) is 6.85 Å². The van der Waals surface area contributed by atoms with Crippen LogP contribution in [0.1, 0.15) is 81.2 Å². The summed E-state index contributed by atoms with van der Waals surface area (Å²) < 4.78 is 55.9. The Labute approximate surface area is 221 Å². The number of aromatic nitrogens is 6. The molecule has 10 nitrogen and oxygen atoms in total. The van der Waals surface area contributed by atoms with Gasteiger partial charge in [-0.25, -0.2) is 9.67 Å². The molecular weight excluding hydrogens is 475 g/mol. The topological polar surface area (TPSA) is 130 Å². The van der Waals surface area contributed by atoms with Gasteiger partial charge in [-0.05, 0) is 82.7 Å². The van der Waals surface area contributed by atoms with Crippen molar-refractivity contribution >= 4 is 17.6 Å². The number of nitrogens with zero attached hydrogens (tertiary/aromatic N) is 5. The average molecular weight is 514 g/mol. The van der Waals surface area contributed by atoms with Gasteiger partial charge in [0.2, 0.25) is 11.9 Å². The Morgan fingerprint density at radius 1 is 1.27 bits per heavy atom. The van der Waals surface area contributed by atoms with Crippen molar-refractivity contribution in [2.45, 2.75) is 71.8 Å². The smallest absolute Gasteiger partial charge is 0.271 e. The van der Waals surface area contributed by atoms with Crippen LogP contribution in [-0.2, 0) is 11.2 Å². The van der Waals surface area contributed by atoms with E-state index < -0.39 is 42.7 Å². The average Bonchev–Trinajstić information content (AvgIpc) is 3.83. The van der Waals surface area contributed by atoms with Crippen LogP contribution >= 0.6 is 0 Å². The first-order valence-electron chi connectivity index (χ1n) is 14.9. The largest absolute Gasteiger partial charge is 0.339 e. The van der Waals surface area contributed by atoms with Crippen molar-refractivity contribution in [3.05, 3.63) is 41.4 Å². The van der Waals surface area contributed by atoms with Crippen LogP contribution in [0.4, 0.5) is 10.2 Å². The molecule has 0 saturated heterocycles. The second-order valence-electron chi connectivity index (χ2n) is 10.1. The highest BCUT2D eigenvalue weighted by Crippen LogP contribution is 2.51. The Morgan fingerprint density at radius 3 is 2.62 bits per heavy atom. The molecule has 5 rings (SSSR count). The zero-order valence-corrected chi connectivity index (χ0v) is 20.9. The molecule has 1 atom stereocenters. The van der Waals surface area contributed by atoms with Crippen molar-refractivity contribution in [1.82, 2.24) is 35.5 Å². The third-order valence-corrected chi connectivity index (χ3v) is 7.02. The van der Waals surface area contributed by atoms with Gasteiger partial charge in [-0.3, -0.25) is 14.7 Å². The molecule has 3 heterocycles. The van der Waals surface area contributed by atoms with Crippen LogP contribution in [0.25, 0.3) is 11.1 Å². The zero-order chi connectivity index (χ0) is 30.6. The predicted molar refractivity (Wildman–Crippen MR) is 135 cm³/mol. The third-order valence-electron chi connectivity index (χ3n) is 7.02. The van der Waals surface area contributed by atoms with E-state index in [1.165, 1.54) is 29.9 Å². The number of pyridine rings is 1. The lowest BCUT2D eigenvalue weighted by Gasteiger charge is -2.27. The molecule has 0 aromatic carbocycles. The summed E-state index contributed by atoms with van der Waals surface area (Å²) in [5, 5.41) is 19.7. The van der Waals surface area contributed by atoms with Gasteiger partial charge in [0.25, 0.3) is 5.91 Å². The van der Waals surface area contributed by atoms with E-state index in [1.54, 1.807) is 0 Å². The predicted octanol–water partition coefficient (Wildman–Crippen LogP) is 3.83. The van der Waals surface area contributed by atoms with E-state index >= 15 is 4.39 Å². The van der Waals surface area contributed by atoms with Gasteiger partial charge in [-0.15, -0.1) is 5.10 Å². The molecule has 0 aliphatic heterocycles. The monoisotopic (exact) mass is 513 g/mol. The lowest BCUT2D eigenvalue weighted by molar-refractivity contribution is -0.119. The summed E-state index contributed by atoms with van der Waals surface area (Å²) >= 11 is 0. The summed E-state index contributed by atoms with van der Waals surface area (Å²) in [5.41, 5.74) is -0.209. The van der Waals surface area contributed by atoms with Crippen LogP contribution in [0.2, 0.25) is 0 Å². The van der Waals surface area contributed by atoms with Gasteiger partial charge < -0.3 is 10.6 Å². The van der Waals surface area contributed by atoms with Crippen LogP contribution in [-0.4, -0.2) is 48.0 Å². The fourth-order valence-electron chi connectivity index (χ4n) is 4.97. The van der Waals surface area contributed by atoms with Crippen molar-refractivity contribution in [3.63, 3.8) is 0 Å². The number of anilines is 1. The molecule has 2 amide bonds. The summed E-state index contributed by atoms with van der Waals surface area (Å²) in [6.45, 7) is 2.19. The van der Waals surface area contributed by atoms with Gasteiger partial charge in [0.1, 0.15) is 17.6 Å². The second kappa shape index (κ2) is 10.0. The molecule has 11 heteroatoms. The Kier molecular flexibility index (Phi) is 5.28. The number of aromatic amines is 1. The van der Waals surface area contributed by atoms with Crippen LogP contribution in [0.3, 0.4) is 0 Å². The fraction of sp³-hybridized carbons (Fsp3) is 0.538. The van der Waals surface area contributed by atoms with Gasteiger partial charge in [-0.2, -0.15) is 9.49 Å². The van der Waals surface area contributed by atoms with Crippen LogP contribution in [0.15, 0.2) is 18.3 Å². The van der Waals surface area contributed by atoms with E-state index in [0.29, 0.717) is 11.8 Å². The van der Waals surface area contributed by atoms with Gasteiger partial charge in [0.15, 0.2) is 0 Å². The van der Waals surface area contributed by atoms with Gasteiger partial charge >= 0.3 is 0 Å². The normalized spacial score (nSPS) is 19.0. The Morgan fingerprint density at radius 2 is 2.00 bits per heavy atom. The minimum atomic E-state index is -3.05. The minimum Gasteiger partial charge on any atom is -0.339 e. The molecule has 2 saturated carbocycles. The Bertz CT molecular complexity index is 1480. The zero-order valence-electron chi connectivity index (χ0n) is 25.9. The molecule has 3 N–H and O–H groups in total. The maximum absolute atomic E-state index is 15.4. The highest BCUT2D eigenvalue weighted by Gasteiger charge is 2.48.